The van der Waals surface area contributed by atoms with E-state index in [-0.39, 0.29) is 18.7 Å². The number of alkyl halides is 3. The summed E-state index contributed by atoms with van der Waals surface area (Å²) in [5.41, 5.74) is 0.701. The van der Waals surface area contributed by atoms with Gasteiger partial charge in [0.2, 0.25) is 11.8 Å². The Kier molecular flexibility index (Phi) is 6.16. The van der Waals surface area contributed by atoms with Crippen LogP contribution in [-0.2, 0) is 16.0 Å². The van der Waals surface area contributed by atoms with Gasteiger partial charge in [-0.05, 0) is 42.0 Å². The fourth-order valence-electron chi connectivity index (χ4n) is 2.02. The molecule has 2 aromatic rings. The van der Waals surface area contributed by atoms with Crippen LogP contribution in [0.3, 0.4) is 0 Å². The summed E-state index contributed by atoms with van der Waals surface area (Å²) < 4.78 is 52.9. The summed E-state index contributed by atoms with van der Waals surface area (Å²) in [5, 5.41) is 4.78. The van der Waals surface area contributed by atoms with Gasteiger partial charge in [-0.25, -0.2) is 4.39 Å². The molecular weight excluding hydrogens is 356 g/mol. The monoisotopic (exact) mass is 370 g/mol. The Morgan fingerprint density at radius 1 is 1.00 bits per heavy atom. The number of carbonyl (C=O) groups excluding carboxylic acids is 2. The van der Waals surface area contributed by atoms with Gasteiger partial charge in [-0.15, -0.1) is 13.2 Å². The zero-order chi connectivity index (χ0) is 19.2. The number of ether oxygens (including phenoxy) is 1. The van der Waals surface area contributed by atoms with Crippen molar-refractivity contribution < 1.29 is 31.9 Å². The minimum Gasteiger partial charge on any atom is -0.406 e. The van der Waals surface area contributed by atoms with Crippen LogP contribution in [-0.4, -0.2) is 24.7 Å². The van der Waals surface area contributed by atoms with Crippen LogP contribution in [0.2, 0.25) is 0 Å². The average molecular weight is 370 g/mol. The summed E-state index contributed by atoms with van der Waals surface area (Å²) in [6.07, 6.45) is -4.88. The van der Waals surface area contributed by atoms with E-state index in [2.05, 4.69) is 15.4 Å². The van der Waals surface area contributed by atoms with Crippen molar-refractivity contribution in [2.75, 3.05) is 11.9 Å². The second kappa shape index (κ2) is 8.32. The lowest BCUT2D eigenvalue weighted by atomic mass is 10.1. The van der Waals surface area contributed by atoms with Crippen LogP contribution in [0.4, 0.5) is 23.2 Å². The van der Waals surface area contributed by atoms with Crippen molar-refractivity contribution in [3.05, 3.63) is 59.9 Å². The predicted octanol–water partition coefficient (Wildman–Crippen LogP) is 3.02. The van der Waals surface area contributed by atoms with Gasteiger partial charge < -0.3 is 15.4 Å². The third kappa shape index (κ3) is 6.80. The maximum Gasteiger partial charge on any atom is 0.573 e. The van der Waals surface area contributed by atoms with Gasteiger partial charge >= 0.3 is 6.36 Å². The van der Waals surface area contributed by atoms with E-state index in [0.717, 1.165) is 12.1 Å². The van der Waals surface area contributed by atoms with E-state index in [0.29, 0.717) is 5.56 Å². The normalized spacial score (nSPS) is 10.9. The first-order valence-electron chi connectivity index (χ1n) is 7.38. The van der Waals surface area contributed by atoms with Crippen LogP contribution in [0.15, 0.2) is 48.5 Å². The second-order valence-electron chi connectivity index (χ2n) is 5.20. The van der Waals surface area contributed by atoms with Crippen molar-refractivity contribution in [2.24, 2.45) is 0 Å². The van der Waals surface area contributed by atoms with Crippen LogP contribution in [0.5, 0.6) is 5.75 Å². The molecule has 0 unspecified atom stereocenters. The van der Waals surface area contributed by atoms with Crippen molar-refractivity contribution >= 4 is 17.5 Å². The highest BCUT2D eigenvalue weighted by Crippen LogP contribution is 2.23. The fourth-order valence-corrected chi connectivity index (χ4v) is 2.02. The van der Waals surface area contributed by atoms with Gasteiger partial charge in [-0.3, -0.25) is 9.59 Å². The van der Waals surface area contributed by atoms with Crippen LogP contribution < -0.4 is 15.4 Å². The van der Waals surface area contributed by atoms with Gasteiger partial charge in [-0.2, -0.15) is 0 Å². The largest absolute Gasteiger partial charge is 0.573 e. The average Bonchev–Trinajstić information content (AvgIpc) is 2.53. The molecule has 0 aliphatic heterocycles. The molecule has 0 saturated carbocycles. The number of hydrogen-bond donors (Lipinski definition) is 2. The molecule has 138 valence electrons. The van der Waals surface area contributed by atoms with E-state index in [9.17, 15) is 27.2 Å². The number of rotatable bonds is 6. The minimum atomic E-state index is -4.79. The van der Waals surface area contributed by atoms with E-state index in [1.54, 1.807) is 6.07 Å². The molecule has 0 aliphatic carbocycles. The van der Waals surface area contributed by atoms with Crippen LogP contribution >= 0.6 is 0 Å². The molecule has 2 N–H and O–H groups in total. The molecule has 0 fully saturated rings. The number of benzene rings is 2. The summed E-state index contributed by atoms with van der Waals surface area (Å²) in [4.78, 5) is 23.5. The Hall–Kier alpha value is -3.10. The Labute approximate surface area is 146 Å². The van der Waals surface area contributed by atoms with Gasteiger partial charge in [0.05, 0.1) is 13.0 Å². The van der Waals surface area contributed by atoms with Gasteiger partial charge in [0.25, 0.3) is 0 Å². The number of hydrogen-bond acceptors (Lipinski definition) is 3. The van der Waals surface area contributed by atoms with E-state index in [1.807, 2.05) is 0 Å². The molecule has 9 heteroatoms. The van der Waals surface area contributed by atoms with Gasteiger partial charge in [0, 0.05) is 5.69 Å². The zero-order valence-corrected chi connectivity index (χ0v) is 13.3. The molecule has 0 aliphatic rings. The molecule has 0 heterocycles. The van der Waals surface area contributed by atoms with Crippen molar-refractivity contribution in [1.29, 1.82) is 0 Å². The van der Waals surface area contributed by atoms with Crippen molar-refractivity contribution in [3.63, 3.8) is 0 Å². The van der Waals surface area contributed by atoms with E-state index < -0.39 is 29.7 Å². The first-order chi connectivity index (χ1) is 12.2. The number of nitrogens with one attached hydrogen (secondary N) is 2. The molecule has 0 bridgehead atoms. The lowest BCUT2D eigenvalue weighted by Gasteiger charge is -2.10. The highest BCUT2D eigenvalue weighted by molar-refractivity contribution is 5.94. The lowest BCUT2D eigenvalue weighted by molar-refractivity contribution is -0.274. The predicted molar refractivity (Wildman–Crippen MR) is 84.9 cm³/mol. The molecule has 0 aromatic heterocycles. The SMILES string of the molecule is O=C(Cc1cccc(F)c1)NCC(=O)Nc1ccc(OC(F)(F)F)cc1. The maximum atomic E-state index is 13.0. The summed E-state index contributed by atoms with van der Waals surface area (Å²) in [6.45, 7) is -0.338. The maximum absolute atomic E-state index is 13.0. The van der Waals surface area contributed by atoms with Crippen molar-refractivity contribution in [3.8, 4) is 5.75 Å². The smallest absolute Gasteiger partial charge is 0.406 e. The number of anilines is 1. The highest BCUT2D eigenvalue weighted by atomic mass is 19.4. The van der Waals surface area contributed by atoms with E-state index in [4.69, 9.17) is 0 Å². The third-order valence-electron chi connectivity index (χ3n) is 3.07. The zero-order valence-electron chi connectivity index (χ0n) is 13.3. The quantitative estimate of drug-likeness (QED) is 0.769. The van der Waals surface area contributed by atoms with Crippen LogP contribution in [0.1, 0.15) is 5.56 Å². The standard InChI is InChI=1S/C17H14F4N2O3/c18-12-3-1-2-11(8-12)9-15(24)22-10-16(25)23-13-4-6-14(7-5-13)26-17(19,20)21/h1-8H,9-10H2,(H,22,24)(H,23,25). The molecule has 2 amide bonds. The summed E-state index contributed by atoms with van der Waals surface area (Å²) in [5.74, 6) is -1.92. The highest BCUT2D eigenvalue weighted by Gasteiger charge is 2.30. The molecule has 2 aromatic carbocycles. The minimum absolute atomic E-state index is 0.0888. The molecule has 5 nitrogen and oxygen atoms in total. The van der Waals surface area contributed by atoms with Crippen LogP contribution in [0.25, 0.3) is 0 Å². The van der Waals surface area contributed by atoms with Gasteiger partial charge in [-0.1, -0.05) is 12.1 Å². The second-order valence-corrected chi connectivity index (χ2v) is 5.20. The Morgan fingerprint density at radius 3 is 2.31 bits per heavy atom. The summed E-state index contributed by atoms with van der Waals surface area (Å²) in [6, 6.07) is 10.1. The first-order valence-corrected chi connectivity index (χ1v) is 7.38. The molecule has 0 spiro atoms. The molecular formula is C17H14F4N2O3. The Bertz CT molecular complexity index is 776. The first kappa shape index (κ1) is 19.2. The van der Waals surface area contributed by atoms with Crippen LogP contribution in [0, 0.1) is 5.82 Å². The molecule has 0 radical (unpaired) electrons. The topological polar surface area (TPSA) is 67.4 Å². The van der Waals surface area contributed by atoms with E-state index >= 15 is 0 Å². The summed E-state index contributed by atoms with van der Waals surface area (Å²) >= 11 is 0. The van der Waals surface area contributed by atoms with Crippen molar-refractivity contribution in [1.82, 2.24) is 5.32 Å². The van der Waals surface area contributed by atoms with Crippen molar-refractivity contribution in [2.45, 2.75) is 12.8 Å². The van der Waals surface area contributed by atoms with Gasteiger partial charge in [0.1, 0.15) is 11.6 Å². The number of halogens is 4. The molecule has 2 rings (SSSR count). The lowest BCUT2D eigenvalue weighted by Crippen LogP contribution is -2.33. The third-order valence-corrected chi connectivity index (χ3v) is 3.07. The summed E-state index contributed by atoms with van der Waals surface area (Å²) in [7, 11) is 0. The van der Waals surface area contributed by atoms with Gasteiger partial charge in [0.15, 0.2) is 0 Å². The van der Waals surface area contributed by atoms with E-state index in [1.165, 1.54) is 30.3 Å². The Morgan fingerprint density at radius 2 is 1.69 bits per heavy atom. The fraction of sp³-hybridized carbons (Fsp3) is 0.176. The molecule has 26 heavy (non-hydrogen) atoms. The number of amides is 2. The number of carbonyl (C=O) groups is 2. The Balaban J connectivity index is 1.78. The molecule has 0 atom stereocenters. The molecule has 0 saturated heterocycles.